The van der Waals surface area contributed by atoms with E-state index in [-0.39, 0.29) is 11.9 Å². The van der Waals surface area contributed by atoms with Gasteiger partial charge in [-0.1, -0.05) is 35.9 Å². The van der Waals surface area contributed by atoms with Gasteiger partial charge in [0.15, 0.2) is 0 Å². The summed E-state index contributed by atoms with van der Waals surface area (Å²) in [7, 11) is 0. The van der Waals surface area contributed by atoms with Crippen LogP contribution in [0.4, 0.5) is 11.4 Å². The zero-order valence-corrected chi connectivity index (χ0v) is 15.8. The van der Waals surface area contributed by atoms with Gasteiger partial charge in [0, 0.05) is 43.5 Å². The number of hydrogen-bond acceptors (Lipinski definition) is 3. The molecule has 0 bridgehead atoms. The standard InChI is InChI=1S/C22H29N3O/c1-17-7-5-8-19(13-17)16-23-18(2)14-22(26)24-20-9-6-10-21(15-20)25-11-3-4-12-25/h5-10,13,15,18,23H,3-4,11-12,14,16H2,1-2H3,(H,24,26). The molecule has 2 N–H and O–H groups in total. The summed E-state index contributed by atoms with van der Waals surface area (Å²) in [5, 5.41) is 6.47. The summed E-state index contributed by atoms with van der Waals surface area (Å²) in [6, 6.07) is 16.7. The Morgan fingerprint density at radius 1 is 1.12 bits per heavy atom. The van der Waals surface area contributed by atoms with Crippen LogP contribution in [-0.4, -0.2) is 25.0 Å². The largest absolute Gasteiger partial charge is 0.371 e. The minimum absolute atomic E-state index is 0.0489. The number of carbonyl (C=O) groups excluding carboxylic acids is 1. The van der Waals surface area contributed by atoms with Gasteiger partial charge in [-0.05, 0) is 50.5 Å². The van der Waals surface area contributed by atoms with Gasteiger partial charge in [0.2, 0.25) is 5.91 Å². The minimum atomic E-state index is 0.0489. The van der Waals surface area contributed by atoms with E-state index in [1.807, 2.05) is 12.1 Å². The van der Waals surface area contributed by atoms with Gasteiger partial charge in [-0.2, -0.15) is 0 Å². The van der Waals surface area contributed by atoms with E-state index in [9.17, 15) is 4.79 Å². The Bertz CT molecular complexity index is 738. The summed E-state index contributed by atoms with van der Waals surface area (Å²) < 4.78 is 0. The average Bonchev–Trinajstić information content (AvgIpc) is 3.15. The lowest BCUT2D eigenvalue weighted by atomic mass is 10.1. The lowest BCUT2D eigenvalue weighted by Gasteiger charge is -2.19. The van der Waals surface area contributed by atoms with Crippen LogP contribution in [0.5, 0.6) is 0 Å². The molecule has 2 aromatic carbocycles. The van der Waals surface area contributed by atoms with Crippen LogP contribution in [-0.2, 0) is 11.3 Å². The summed E-state index contributed by atoms with van der Waals surface area (Å²) in [4.78, 5) is 14.7. The van der Waals surface area contributed by atoms with Crippen molar-refractivity contribution in [3.05, 3.63) is 59.7 Å². The molecule has 0 aliphatic carbocycles. The second-order valence-corrected chi connectivity index (χ2v) is 7.27. The molecule has 0 aromatic heterocycles. The van der Waals surface area contributed by atoms with Gasteiger partial charge in [-0.3, -0.25) is 4.79 Å². The molecule has 1 aliphatic heterocycles. The minimum Gasteiger partial charge on any atom is -0.371 e. The number of rotatable bonds is 7. The molecule has 4 nitrogen and oxygen atoms in total. The van der Waals surface area contributed by atoms with Crippen molar-refractivity contribution in [2.45, 2.75) is 45.7 Å². The average molecular weight is 351 g/mol. The number of carbonyl (C=O) groups is 1. The molecular weight excluding hydrogens is 322 g/mol. The zero-order valence-electron chi connectivity index (χ0n) is 15.8. The van der Waals surface area contributed by atoms with Crippen molar-refractivity contribution in [2.24, 2.45) is 0 Å². The Morgan fingerprint density at radius 2 is 1.88 bits per heavy atom. The molecule has 1 fully saturated rings. The summed E-state index contributed by atoms with van der Waals surface area (Å²) in [5.74, 6) is 0.0489. The molecule has 4 heteroatoms. The number of amides is 1. The number of nitrogens with one attached hydrogen (secondary N) is 2. The SMILES string of the molecule is Cc1cccc(CNC(C)CC(=O)Nc2cccc(N3CCCC3)c2)c1. The van der Waals surface area contributed by atoms with Gasteiger partial charge >= 0.3 is 0 Å². The second kappa shape index (κ2) is 8.86. The topological polar surface area (TPSA) is 44.4 Å². The number of aryl methyl sites for hydroxylation is 1. The third kappa shape index (κ3) is 5.33. The Labute approximate surface area is 156 Å². The first-order valence-corrected chi connectivity index (χ1v) is 9.54. The molecular formula is C22H29N3O. The molecule has 1 amide bonds. The molecule has 3 rings (SSSR count). The van der Waals surface area contributed by atoms with Gasteiger partial charge in [0.25, 0.3) is 0 Å². The molecule has 2 aromatic rings. The first kappa shape index (κ1) is 18.5. The summed E-state index contributed by atoms with van der Waals surface area (Å²) >= 11 is 0. The van der Waals surface area contributed by atoms with Crippen molar-refractivity contribution in [3.63, 3.8) is 0 Å². The molecule has 1 aliphatic rings. The van der Waals surface area contributed by atoms with E-state index in [1.54, 1.807) is 0 Å². The van der Waals surface area contributed by atoms with Gasteiger partial charge in [0.05, 0.1) is 0 Å². The van der Waals surface area contributed by atoms with Crippen LogP contribution in [0.15, 0.2) is 48.5 Å². The summed E-state index contributed by atoms with van der Waals surface area (Å²) in [6.07, 6.45) is 2.96. The van der Waals surface area contributed by atoms with Crippen LogP contribution in [0, 0.1) is 6.92 Å². The third-order valence-electron chi connectivity index (χ3n) is 4.83. The zero-order chi connectivity index (χ0) is 18.4. The normalized spacial score (nSPS) is 15.1. The first-order chi connectivity index (χ1) is 12.6. The van der Waals surface area contributed by atoms with Crippen molar-refractivity contribution in [2.75, 3.05) is 23.3 Å². The Balaban J connectivity index is 1.48. The Morgan fingerprint density at radius 3 is 2.65 bits per heavy atom. The van der Waals surface area contributed by atoms with Gasteiger partial charge in [-0.25, -0.2) is 0 Å². The smallest absolute Gasteiger partial charge is 0.225 e. The van der Waals surface area contributed by atoms with E-state index in [0.717, 1.165) is 25.3 Å². The molecule has 1 atom stereocenters. The second-order valence-electron chi connectivity index (χ2n) is 7.27. The number of hydrogen-bond donors (Lipinski definition) is 2. The highest BCUT2D eigenvalue weighted by Gasteiger charge is 2.13. The highest BCUT2D eigenvalue weighted by Crippen LogP contribution is 2.23. The van der Waals surface area contributed by atoms with Crippen LogP contribution in [0.25, 0.3) is 0 Å². The van der Waals surface area contributed by atoms with Crippen LogP contribution < -0.4 is 15.5 Å². The maximum Gasteiger partial charge on any atom is 0.225 e. The molecule has 1 heterocycles. The fraction of sp³-hybridized carbons (Fsp3) is 0.409. The van der Waals surface area contributed by atoms with Crippen molar-refractivity contribution < 1.29 is 4.79 Å². The quantitative estimate of drug-likeness (QED) is 0.789. The van der Waals surface area contributed by atoms with Crippen molar-refractivity contribution >= 4 is 17.3 Å². The summed E-state index contributed by atoms with van der Waals surface area (Å²) in [6.45, 7) is 7.14. The fourth-order valence-corrected chi connectivity index (χ4v) is 3.43. The summed E-state index contributed by atoms with van der Waals surface area (Å²) in [5.41, 5.74) is 4.58. The number of benzene rings is 2. The predicted octanol–water partition coefficient (Wildman–Crippen LogP) is 4.10. The van der Waals surface area contributed by atoms with E-state index in [2.05, 4.69) is 65.8 Å². The molecule has 1 saturated heterocycles. The lowest BCUT2D eigenvalue weighted by Crippen LogP contribution is -2.30. The molecule has 0 saturated carbocycles. The van der Waals surface area contributed by atoms with E-state index < -0.39 is 0 Å². The fourth-order valence-electron chi connectivity index (χ4n) is 3.43. The lowest BCUT2D eigenvalue weighted by molar-refractivity contribution is -0.116. The number of nitrogens with zero attached hydrogens (tertiary/aromatic N) is 1. The molecule has 0 radical (unpaired) electrons. The van der Waals surface area contributed by atoms with Crippen molar-refractivity contribution in [1.82, 2.24) is 5.32 Å². The highest BCUT2D eigenvalue weighted by molar-refractivity contribution is 5.91. The Hall–Kier alpha value is -2.33. The van der Waals surface area contributed by atoms with Gasteiger partial charge < -0.3 is 15.5 Å². The monoisotopic (exact) mass is 351 g/mol. The maximum absolute atomic E-state index is 12.4. The van der Waals surface area contributed by atoms with E-state index in [0.29, 0.717) is 6.42 Å². The van der Waals surface area contributed by atoms with E-state index in [4.69, 9.17) is 0 Å². The van der Waals surface area contributed by atoms with Gasteiger partial charge in [-0.15, -0.1) is 0 Å². The van der Waals surface area contributed by atoms with Crippen LogP contribution >= 0.6 is 0 Å². The first-order valence-electron chi connectivity index (χ1n) is 9.54. The van der Waals surface area contributed by atoms with Gasteiger partial charge in [0.1, 0.15) is 0 Å². The molecule has 1 unspecified atom stereocenters. The molecule has 0 spiro atoms. The Kier molecular flexibility index (Phi) is 6.29. The van der Waals surface area contributed by atoms with Crippen molar-refractivity contribution in [1.29, 1.82) is 0 Å². The van der Waals surface area contributed by atoms with Crippen LogP contribution in [0.3, 0.4) is 0 Å². The third-order valence-corrected chi connectivity index (χ3v) is 4.83. The van der Waals surface area contributed by atoms with E-state index >= 15 is 0 Å². The molecule has 26 heavy (non-hydrogen) atoms. The van der Waals surface area contributed by atoms with E-state index in [1.165, 1.54) is 29.7 Å². The maximum atomic E-state index is 12.4. The highest BCUT2D eigenvalue weighted by atomic mass is 16.1. The van der Waals surface area contributed by atoms with Crippen molar-refractivity contribution in [3.8, 4) is 0 Å². The number of anilines is 2. The van der Waals surface area contributed by atoms with Crippen LogP contribution in [0.1, 0.15) is 37.3 Å². The predicted molar refractivity (Wildman–Crippen MR) is 109 cm³/mol. The molecule has 138 valence electrons. The van der Waals surface area contributed by atoms with Crippen LogP contribution in [0.2, 0.25) is 0 Å².